The van der Waals surface area contributed by atoms with Crippen LogP contribution < -0.4 is 9.62 Å². The summed E-state index contributed by atoms with van der Waals surface area (Å²) in [6.45, 7) is 1.52. The van der Waals surface area contributed by atoms with E-state index < -0.39 is 21.9 Å². The van der Waals surface area contributed by atoms with Gasteiger partial charge in [-0.3, -0.25) is 9.10 Å². The van der Waals surface area contributed by atoms with Gasteiger partial charge in [0.2, 0.25) is 15.9 Å². The quantitative estimate of drug-likeness (QED) is 0.890. The maximum Gasteiger partial charge on any atom is 0.243 e. The van der Waals surface area contributed by atoms with E-state index in [-0.39, 0.29) is 17.6 Å². The van der Waals surface area contributed by atoms with Gasteiger partial charge in [-0.25, -0.2) is 12.8 Å². The second-order valence-corrected chi connectivity index (χ2v) is 6.85. The van der Waals surface area contributed by atoms with Gasteiger partial charge in [0.05, 0.1) is 11.9 Å². The number of sulfonamides is 1. The predicted octanol–water partition coefficient (Wildman–Crippen LogP) is 1.26. The van der Waals surface area contributed by atoms with Crippen LogP contribution in [0, 0.1) is 5.82 Å². The SMILES string of the molecule is C[C@@H](C(=O)NC1CC1)N(c1ccc(F)cc1)S(C)(=O)=O. The van der Waals surface area contributed by atoms with Crippen LogP contribution >= 0.6 is 0 Å². The summed E-state index contributed by atoms with van der Waals surface area (Å²) >= 11 is 0. The molecule has 0 radical (unpaired) electrons. The molecule has 0 aliphatic heterocycles. The van der Waals surface area contributed by atoms with Gasteiger partial charge in [-0.2, -0.15) is 0 Å². The van der Waals surface area contributed by atoms with Crippen molar-refractivity contribution in [3.63, 3.8) is 0 Å². The highest BCUT2D eigenvalue weighted by Crippen LogP contribution is 2.23. The van der Waals surface area contributed by atoms with Gasteiger partial charge in [-0.15, -0.1) is 0 Å². The van der Waals surface area contributed by atoms with E-state index >= 15 is 0 Å². The molecule has 1 saturated carbocycles. The number of hydrogen-bond acceptors (Lipinski definition) is 3. The van der Waals surface area contributed by atoms with Crippen LogP contribution in [0.15, 0.2) is 24.3 Å². The van der Waals surface area contributed by atoms with Crippen LogP contribution in [0.2, 0.25) is 0 Å². The predicted molar refractivity (Wildman–Crippen MR) is 74.3 cm³/mol. The lowest BCUT2D eigenvalue weighted by Crippen LogP contribution is -2.48. The Balaban J connectivity index is 2.27. The average Bonchev–Trinajstić information content (AvgIpc) is 3.14. The van der Waals surface area contributed by atoms with Gasteiger partial charge in [0, 0.05) is 6.04 Å². The van der Waals surface area contributed by atoms with Crippen molar-refractivity contribution in [1.29, 1.82) is 0 Å². The minimum atomic E-state index is -3.64. The maximum atomic E-state index is 12.9. The Bertz CT molecular complexity index is 597. The van der Waals surface area contributed by atoms with Crippen molar-refractivity contribution < 1.29 is 17.6 Å². The van der Waals surface area contributed by atoms with Gasteiger partial charge < -0.3 is 5.32 Å². The number of carbonyl (C=O) groups is 1. The fraction of sp³-hybridized carbons (Fsp3) is 0.462. The summed E-state index contributed by atoms with van der Waals surface area (Å²) in [5.74, 6) is -0.806. The molecule has 2 rings (SSSR count). The molecule has 0 saturated heterocycles. The Morgan fingerprint density at radius 3 is 2.35 bits per heavy atom. The lowest BCUT2D eigenvalue weighted by molar-refractivity contribution is -0.121. The molecule has 1 N–H and O–H groups in total. The zero-order chi connectivity index (χ0) is 14.9. The van der Waals surface area contributed by atoms with Crippen molar-refractivity contribution in [2.45, 2.75) is 31.8 Å². The molecule has 1 aromatic carbocycles. The zero-order valence-electron chi connectivity index (χ0n) is 11.3. The van der Waals surface area contributed by atoms with E-state index in [1.165, 1.54) is 31.2 Å². The molecule has 0 spiro atoms. The van der Waals surface area contributed by atoms with Crippen LogP contribution in [-0.2, 0) is 14.8 Å². The van der Waals surface area contributed by atoms with Gasteiger partial charge in [0.1, 0.15) is 11.9 Å². The standard InChI is InChI=1S/C13H17FN2O3S/c1-9(13(17)15-11-5-6-11)16(20(2,18)19)12-7-3-10(14)4-8-12/h3-4,7-9,11H,5-6H2,1-2H3,(H,15,17)/t9-/m0/s1. The van der Waals surface area contributed by atoms with Crippen molar-refractivity contribution in [2.75, 3.05) is 10.6 Å². The number of halogens is 1. The van der Waals surface area contributed by atoms with Gasteiger partial charge in [0.15, 0.2) is 0 Å². The van der Waals surface area contributed by atoms with Crippen LogP contribution in [0.25, 0.3) is 0 Å². The molecule has 7 heteroatoms. The molecule has 1 aliphatic rings. The van der Waals surface area contributed by atoms with Gasteiger partial charge in [-0.1, -0.05) is 0 Å². The molecule has 1 aromatic rings. The summed E-state index contributed by atoms with van der Waals surface area (Å²) in [6, 6.07) is 4.29. The van der Waals surface area contributed by atoms with E-state index in [1.807, 2.05) is 0 Å². The first kappa shape index (κ1) is 14.8. The molecule has 110 valence electrons. The van der Waals surface area contributed by atoms with Gasteiger partial charge in [0.25, 0.3) is 0 Å². The van der Waals surface area contributed by atoms with Gasteiger partial charge in [-0.05, 0) is 44.0 Å². The summed E-state index contributed by atoms with van der Waals surface area (Å²) < 4.78 is 37.8. The monoisotopic (exact) mass is 300 g/mol. The van der Waals surface area contributed by atoms with E-state index in [0.717, 1.165) is 23.4 Å². The molecule has 0 heterocycles. The van der Waals surface area contributed by atoms with Gasteiger partial charge >= 0.3 is 0 Å². The first-order valence-electron chi connectivity index (χ1n) is 6.34. The fourth-order valence-corrected chi connectivity index (χ4v) is 3.12. The first-order chi connectivity index (χ1) is 9.29. The highest BCUT2D eigenvalue weighted by molar-refractivity contribution is 7.92. The Labute approximate surface area is 117 Å². The Morgan fingerprint density at radius 1 is 1.35 bits per heavy atom. The molecule has 1 aliphatic carbocycles. The summed E-state index contributed by atoms with van der Waals surface area (Å²) in [5.41, 5.74) is 0.271. The molecular weight excluding hydrogens is 283 g/mol. The lowest BCUT2D eigenvalue weighted by atomic mass is 10.2. The third-order valence-electron chi connectivity index (χ3n) is 3.09. The maximum absolute atomic E-state index is 12.9. The van der Waals surface area contributed by atoms with E-state index in [4.69, 9.17) is 0 Å². The number of carbonyl (C=O) groups excluding carboxylic acids is 1. The van der Waals surface area contributed by atoms with Crippen LogP contribution in [0.3, 0.4) is 0 Å². The third kappa shape index (κ3) is 3.47. The number of nitrogens with zero attached hydrogens (tertiary/aromatic N) is 1. The largest absolute Gasteiger partial charge is 0.352 e. The molecule has 1 atom stereocenters. The van der Waals surface area contributed by atoms with Crippen molar-refractivity contribution in [1.82, 2.24) is 5.32 Å². The Hall–Kier alpha value is -1.63. The Morgan fingerprint density at radius 2 is 1.90 bits per heavy atom. The molecule has 1 fully saturated rings. The van der Waals surface area contributed by atoms with E-state index in [0.29, 0.717) is 0 Å². The van der Waals surface area contributed by atoms with Crippen molar-refractivity contribution >= 4 is 21.6 Å². The van der Waals surface area contributed by atoms with Crippen molar-refractivity contribution in [3.8, 4) is 0 Å². The summed E-state index contributed by atoms with van der Waals surface area (Å²) in [5, 5.41) is 2.77. The highest BCUT2D eigenvalue weighted by Gasteiger charge is 2.32. The number of anilines is 1. The molecule has 5 nitrogen and oxygen atoms in total. The molecule has 0 bridgehead atoms. The molecule has 0 unspecified atom stereocenters. The van der Waals surface area contributed by atoms with Crippen molar-refractivity contribution in [2.24, 2.45) is 0 Å². The number of amides is 1. The Kier molecular flexibility index (Phi) is 3.99. The number of benzene rings is 1. The van der Waals surface area contributed by atoms with E-state index in [9.17, 15) is 17.6 Å². The van der Waals surface area contributed by atoms with E-state index in [2.05, 4.69) is 5.32 Å². The fourth-order valence-electron chi connectivity index (χ4n) is 1.95. The summed E-state index contributed by atoms with van der Waals surface area (Å²) in [4.78, 5) is 12.0. The van der Waals surface area contributed by atoms with Crippen LogP contribution in [-0.4, -0.2) is 32.7 Å². The zero-order valence-corrected chi connectivity index (χ0v) is 12.2. The smallest absolute Gasteiger partial charge is 0.243 e. The second kappa shape index (κ2) is 5.40. The summed E-state index contributed by atoms with van der Waals surface area (Å²) in [6.07, 6.45) is 2.87. The number of rotatable bonds is 5. The number of hydrogen-bond donors (Lipinski definition) is 1. The molecule has 20 heavy (non-hydrogen) atoms. The minimum absolute atomic E-state index is 0.152. The highest BCUT2D eigenvalue weighted by atomic mass is 32.2. The molecule has 0 aromatic heterocycles. The minimum Gasteiger partial charge on any atom is -0.352 e. The van der Waals surface area contributed by atoms with Crippen molar-refractivity contribution in [3.05, 3.63) is 30.1 Å². The average molecular weight is 300 g/mol. The van der Waals surface area contributed by atoms with Crippen LogP contribution in [0.5, 0.6) is 0 Å². The molecule has 1 amide bonds. The normalized spacial score (nSPS) is 16.6. The van der Waals surface area contributed by atoms with E-state index in [1.54, 1.807) is 0 Å². The molecular formula is C13H17FN2O3S. The third-order valence-corrected chi connectivity index (χ3v) is 4.33. The van der Waals surface area contributed by atoms with Crippen LogP contribution in [0.1, 0.15) is 19.8 Å². The lowest BCUT2D eigenvalue weighted by Gasteiger charge is -2.28. The number of nitrogens with one attached hydrogen (secondary N) is 1. The second-order valence-electron chi connectivity index (χ2n) is 4.99. The topological polar surface area (TPSA) is 66.5 Å². The first-order valence-corrected chi connectivity index (χ1v) is 8.19. The summed E-state index contributed by atoms with van der Waals surface area (Å²) in [7, 11) is -3.64. The van der Waals surface area contributed by atoms with Crippen LogP contribution in [0.4, 0.5) is 10.1 Å².